The monoisotopic (exact) mass is 320 g/mol. The summed E-state index contributed by atoms with van der Waals surface area (Å²) >= 11 is 11.9. The first-order valence-electron chi connectivity index (χ1n) is 6.20. The molecule has 0 aliphatic carbocycles. The van der Waals surface area contributed by atoms with E-state index in [0.717, 1.165) is 5.56 Å². The average molecular weight is 321 g/mol. The third-order valence-electron chi connectivity index (χ3n) is 3.29. The van der Waals surface area contributed by atoms with Crippen molar-refractivity contribution >= 4 is 34.2 Å². The maximum atomic E-state index is 12.7. The Morgan fingerprint density at radius 3 is 2.48 bits per heavy atom. The van der Waals surface area contributed by atoms with Crippen molar-refractivity contribution in [1.82, 2.24) is 0 Å². The molecule has 2 aromatic carbocycles. The number of benzene rings is 2. The highest BCUT2D eigenvalue weighted by Gasteiger charge is 2.18. The Kier molecular flexibility index (Phi) is 3.40. The Bertz CT molecular complexity index is 899. The minimum atomic E-state index is -0.291. The number of rotatable bonds is 1. The number of halogens is 2. The van der Waals surface area contributed by atoms with Crippen LogP contribution >= 0.6 is 23.2 Å². The zero-order valence-corrected chi connectivity index (χ0v) is 12.5. The third kappa shape index (κ3) is 2.19. The maximum absolute atomic E-state index is 12.7. The number of aromatic hydroxyl groups is 1. The lowest BCUT2D eigenvalue weighted by atomic mass is 10.0. The third-order valence-corrected chi connectivity index (χ3v) is 3.93. The van der Waals surface area contributed by atoms with E-state index in [9.17, 15) is 9.90 Å². The minimum Gasteiger partial charge on any atom is -0.505 e. The summed E-state index contributed by atoms with van der Waals surface area (Å²) in [4.78, 5) is 12.7. The molecule has 0 saturated carbocycles. The van der Waals surface area contributed by atoms with Crippen LogP contribution < -0.4 is 5.43 Å². The molecule has 3 aromatic rings. The van der Waals surface area contributed by atoms with E-state index >= 15 is 0 Å². The molecular weight excluding hydrogens is 311 g/mol. The number of phenols is 1. The number of phenolic OH excluding ortho intramolecular Hbond substituents is 1. The minimum absolute atomic E-state index is 0.0164. The summed E-state index contributed by atoms with van der Waals surface area (Å²) in [7, 11) is 0. The average Bonchev–Trinajstić information content (AvgIpc) is 2.48. The van der Waals surface area contributed by atoms with Crippen LogP contribution in [-0.4, -0.2) is 5.11 Å². The van der Waals surface area contributed by atoms with Crippen molar-refractivity contribution in [2.75, 3.05) is 0 Å². The molecule has 5 heteroatoms. The van der Waals surface area contributed by atoms with Crippen LogP contribution in [0.25, 0.3) is 22.1 Å². The van der Waals surface area contributed by atoms with Gasteiger partial charge in [-0.25, -0.2) is 0 Å². The van der Waals surface area contributed by atoms with Crippen molar-refractivity contribution < 1.29 is 9.52 Å². The van der Waals surface area contributed by atoms with Crippen LogP contribution in [-0.2, 0) is 0 Å². The molecule has 0 spiro atoms. The van der Waals surface area contributed by atoms with Crippen LogP contribution in [0.15, 0.2) is 45.6 Å². The molecule has 3 nitrogen and oxygen atoms in total. The fraction of sp³-hybridized carbons (Fsp3) is 0.0625. The Morgan fingerprint density at radius 2 is 1.81 bits per heavy atom. The van der Waals surface area contributed by atoms with Gasteiger partial charge in [0.1, 0.15) is 10.8 Å². The Balaban J connectivity index is 2.46. The highest BCUT2D eigenvalue weighted by molar-refractivity contribution is 6.40. The number of hydrogen-bond donors (Lipinski definition) is 1. The molecule has 1 heterocycles. The van der Waals surface area contributed by atoms with Gasteiger partial charge in [-0.2, -0.15) is 0 Å². The van der Waals surface area contributed by atoms with Gasteiger partial charge in [-0.15, -0.1) is 0 Å². The molecule has 0 aliphatic heterocycles. The van der Waals surface area contributed by atoms with Crippen LogP contribution in [0.4, 0.5) is 0 Å². The second-order valence-electron chi connectivity index (χ2n) is 4.63. The predicted octanol–water partition coefficient (Wildman–Crippen LogP) is 4.78. The largest absolute Gasteiger partial charge is 0.505 e. The highest BCUT2D eigenvalue weighted by atomic mass is 35.5. The first-order chi connectivity index (χ1) is 10.0. The molecule has 106 valence electrons. The molecular formula is C16H10Cl2O3. The van der Waals surface area contributed by atoms with Gasteiger partial charge < -0.3 is 9.52 Å². The number of hydrogen-bond acceptors (Lipinski definition) is 3. The Hall–Kier alpha value is -1.97. The summed E-state index contributed by atoms with van der Waals surface area (Å²) in [5, 5.41) is 9.95. The zero-order valence-electron chi connectivity index (χ0n) is 11.0. The van der Waals surface area contributed by atoms with Crippen LogP contribution in [0.1, 0.15) is 5.76 Å². The molecule has 0 aliphatic rings. The van der Waals surface area contributed by atoms with Crippen LogP contribution in [0.5, 0.6) is 5.75 Å². The van der Waals surface area contributed by atoms with Gasteiger partial charge in [0.15, 0.2) is 11.3 Å². The van der Waals surface area contributed by atoms with Gasteiger partial charge in [0, 0.05) is 0 Å². The normalized spacial score (nSPS) is 11.0. The van der Waals surface area contributed by atoms with Crippen molar-refractivity contribution in [2.24, 2.45) is 0 Å². The van der Waals surface area contributed by atoms with Crippen molar-refractivity contribution in [3.63, 3.8) is 0 Å². The summed E-state index contributed by atoms with van der Waals surface area (Å²) in [6.45, 7) is 1.69. The zero-order chi connectivity index (χ0) is 15.1. The van der Waals surface area contributed by atoms with Crippen molar-refractivity contribution in [1.29, 1.82) is 0 Å². The molecule has 1 aromatic heterocycles. The smallest absolute Gasteiger partial charge is 0.200 e. The van der Waals surface area contributed by atoms with E-state index in [-0.39, 0.29) is 32.2 Å². The lowest BCUT2D eigenvalue weighted by Crippen LogP contribution is -2.07. The Morgan fingerprint density at radius 1 is 1.14 bits per heavy atom. The second-order valence-corrected chi connectivity index (χ2v) is 5.41. The van der Waals surface area contributed by atoms with E-state index in [1.54, 1.807) is 6.92 Å². The van der Waals surface area contributed by atoms with Crippen LogP contribution in [0, 0.1) is 6.92 Å². The fourth-order valence-electron chi connectivity index (χ4n) is 2.30. The van der Waals surface area contributed by atoms with Crippen molar-refractivity contribution in [3.05, 3.63) is 62.4 Å². The van der Waals surface area contributed by atoms with Gasteiger partial charge in [-0.3, -0.25) is 4.79 Å². The first kappa shape index (κ1) is 14.0. The molecule has 0 bridgehead atoms. The molecule has 0 saturated heterocycles. The van der Waals surface area contributed by atoms with E-state index in [0.29, 0.717) is 11.3 Å². The molecule has 0 radical (unpaired) electrons. The van der Waals surface area contributed by atoms with E-state index < -0.39 is 0 Å². The summed E-state index contributed by atoms with van der Waals surface area (Å²) in [6.07, 6.45) is 0. The molecule has 3 rings (SSSR count). The van der Waals surface area contributed by atoms with E-state index in [2.05, 4.69) is 0 Å². The van der Waals surface area contributed by atoms with Gasteiger partial charge in [-0.05, 0) is 18.6 Å². The lowest BCUT2D eigenvalue weighted by Gasteiger charge is -2.09. The molecule has 21 heavy (non-hydrogen) atoms. The quantitative estimate of drug-likeness (QED) is 0.701. The second kappa shape index (κ2) is 5.10. The molecule has 0 atom stereocenters. The number of aryl methyl sites for hydroxylation is 1. The van der Waals surface area contributed by atoms with Crippen molar-refractivity contribution in [2.45, 2.75) is 6.92 Å². The van der Waals surface area contributed by atoms with Crippen molar-refractivity contribution in [3.8, 4) is 16.9 Å². The molecule has 0 unspecified atom stereocenters. The summed E-state index contributed by atoms with van der Waals surface area (Å²) in [6, 6.07) is 10.6. The van der Waals surface area contributed by atoms with E-state index in [4.69, 9.17) is 27.6 Å². The van der Waals surface area contributed by atoms with E-state index in [1.807, 2.05) is 30.3 Å². The Labute approximate surface area is 130 Å². The molecule has 0 fully saturated rings. The molecule has 1 N–H and O–H groups in total. The van der Waals surface area contributed by atoms with Gasteiger partial charge >= 0.3 is 0 Å². The van der Waals surface area contributed by atoms with Crippen LogP contribution in [0.3, 0.4) is 0 Å². The number of fused-ring (bicyclic) bond motifs is 1. The SMILES string of the molecule is Cc1oc2c(Cl)c(O)c(Cl)cc2c(=O)c1-c1ccccc1. The lowest BCUT2D eigenvalue weighted by molar-refractivity contribution is 0.474. The van der Waals surface area contributed by atoms with Gasteiger partial charge in [-0.1, -0.05) is 53.5 Å². The summed E-state index contributed by atoms with van der Waals surface area (Å²) < 4.78 is 5.64. The van der Waals surface area contributed by atoms with Gasteiger partial charge in [0.2, 0.25) is 5.43 Å². The molecule has 0 amide bonds. The standard InChI is InChI=1S/C16H10Cl2O3/c1-8-12(9-5-3-2-4-6-9)14(19)10-7-11(17)15(20)13(18)16(10)21-8/h2-7,20H,1H3. The topological polar surface area (TPSA) is 50.4 Å². The first-order valence-corrected chi connectivity index (χ1v) is 6.96. The summed E-state index contributed by atoms with van der Waals surface area (Å²) in [5.41, 5.74) is 1.12. The maximum Gasteiger partial charge on any atom is 0.200 e. The van der Waals surface area contributed by atoms with Gasteiger partial charge in [0.25, 0.3) is 0 Å². The predicted molar refractivity (Wildman–Crippen MR) is 84.3 cm³/mol. The highest BCUT2D eigenvalue weighted by Crippen LogP contribution is 2.38. The van der Waals surface area contributed by atoms with Crippen LogP contribution in [0.2, 0.25) is 10.0 Å². The summed E-state index contributed by atoms with van der Waals surface area (Å²) in [5.74, 6) is 0.142. The van der Waals surface area contributed by atoms with Gasteiger partial charge in [0.05, 0.1) is 16.0 Å². The van der Waals surface area contributed by atoms with E-state index in [1.165, 1.54) is 6.07 Å². The fourth-order valence-corrected chi connectivity index (χ4v) is 2.79.